The highest BCUT2D eigenvalue weighted by molar-refractivity contribution is 5.95. The predicted octanol–water partition coefficient (Wildman–Crippen LogP) is 2.20. The lowest BCUT2D eigenvalue weighted by Gasteiger charge is -2.08. The number of amides is 3. The summed E-state index contributed by atoms with van der Waals surface area (Å²) in [5.74, 6) is -0.911. The Morgan fingerprint density at radius 2 is 1.83 bits per heavy atom. The predicted molar refractivity (Wildman–Crippen MR) is 110 cm³/mol. The van der Waals surface area contributed by atoms with Crippen molar-refractivity contribution in [3.8, 4) is 0 Å². The summed E-state index contributed by atoms with van der Waals surface area (Å²) in [4.78, 5) is 40.1. The van der Waals surface area contributed by atoms with Gasteiger partial charge in [-0.15, -0.1) is 0 Å². The molecule has 0 aliphatic heterocycles. The van der Waals surface area contributed by atoms with Crippen LogP contribution in [0.15, 0.2) is 42.6 Å². The Labute approximate surface area is 168 Å². The average molecular weight is 393 g/mol. The number of anilines is 1. The first-order valence-electron chi connectivity index (χ1n) is 9.29. The number of rotatable bonds is 7. The molecule has 8 nitrogen and oxygen atoms in total. The van der Waals surface area contributed by atoms with E-state index in [1.807, 2.05) is 25.3 Å². The van der Waals surface area contributed by atoms with Crippen LogP contribution in [-0.2, 0) is 4.79 Å². The first-order chi connectivity index (χ1) is 13.9. The van der Waals surface area contributed by atoms with E-state index < -0.39 is 5.91 Å². The number of nitrogens with two attached hydrogens (primary N) is 1. The van der Waals surface area contributed by atoms with Crippen molar-refractivity contribution >= 4 is 29.1 Å². The molecule has 0 saturated carbocycles. The third-order valence-corrected chi connectivity index (χ3v) is 4.55. The van der Waals surface area contributed by atoms with Gasteiger partial charge in [-0.1, -0.05) is 6.07 Å². The van der Waals surface area contributed by atoms with Gasteiger partial charge >= 0.3 is 0 Å². The molecule has 150 valence electrons. The molecule has 0 aliphatic rings. The Hall–Kier alpha value is -3.68. The van der Waals surface area contributed by atoms with Gasteiger partial charge in [-0.25, -0.2) is 4.98 Å². The number of aryl methyl sites for hydroxylation is 2. The van der Waals surface area contributed by atoms with E-state index in [9.17, 15) is 14.4 Å². The molecule has 1 aromatic carbocycles. The minimum atomic E-state index is -0.519. The molecule has 4 N–H and O–H groups in total. The van der Waals surface area contributed by atoms with Gasteiger partial charge in [0.15, 0.2) is 0 Å². The van der Waals surface area contributed by atoms with E-state index in [1.165, 1.54) is 0 Å². The van der Waals surface area contributed by atoms with Crippen LogP contribution in [0, 0.1) is 13.8 Å². The largest absolute Gasteiger partial charge is 0.366 e. The summed E-state index contributed by atoms with van der Waals surface area (Å²) in [6.07, 6.45) is 2.56. The van der Waals surface area contributed by atoms with Crippen molar-refractivity contribution < 1.29 is 14.4 Å². The molecule has 0 bridgehead atoms. The van der Waals surface area contributed by atoms with Crippen LogP contribution in [0.3, 0.4) is 0 Å². The molecule has 0 atom stereocenters. The summed E-state index contributed by atoms with van der Waals surface area (Å²) in [5, 5.41) is 5.59. The second-order valence-corrected chi connectivity index (χ2v) is 6.78. The smallest absolute Gasteiger partial charge is 0.270 e. The third-order valence-electron chi connectivity index (χ3n) is 4.55. The maximum Gasteiger partial charge on any atom is 0.270 e. The van der Waals surface area contributed by atoms with Gasteiger partial charge in [0.25, 0.3) is 5.91 Å². The molecule has 0 fully saturated rings. The number of aromatic nitrogens is 2. The quantitative estimate of drug-likeness (QED) is 0.533. The van der Waals surface area contributed by atoms with Crippen LogP contribution in [0.1, 0.15) is 44.9 Å². The van der Waals surface area contributed by atoms with E-state index in [2.05, 4.69) is 15.6 Å². The summed E-state index contributed by atoms with van der Waals surface area (Å²) >= 11 is 0. The first-order valence-corrected chi connectivity index (χ1v) is 9.29. The van der Waals surface area contributed by atoms with Crippen LogP contribution >= 0.6 is 0 Å². The molecule has 3 aromatic rings. The van der Waals surface area contributed by atoms with E-state index in [4.69, 9.17) is 5.73 Å². The number of hydrogen-bond acceptors (Lipinski definition) is 4. The lowest BCUT2D eigenvalue weighted by molar-refractivity contribution is -0.116. The van der Waals surface area contributed by atoms with Crippen molar-refractivity contribution in [1.29, 1.82) is 0 Å². The molecule has 29 heavy (non-hydrogen) atoms. The Bertz CT molecular complexity index is 1070. The second kappa shape index (κ2) is 8.55. The number of carbonyl (C=O) groups is 3. The topological polar surface area (TPSA) is 119 Å². The monoisotopic (exact) mass is 393 g/mol. The zero-order valence-corrected chi connectivity index (χ0v) is 16.4. The van der Waals surface area contributed by atoms with Crippen LogP contribution < -0.4 is 16.4 Å². The number of imidazole rings is 1. The van der Waals surface area contributed by atoms with Crippen molar-refractivity contribution in [1.82, 2.24) is 14.7 Å². The Balaban J connectivity index is 1.50. The highest BCUT2D eigenvalue weighted by atomic mass is 16.2. The van der Waals surface area contributed by atoms with Crippen LogP contribution in [0.25, 0.3) is 5.65 Å². The maximum atomic E-state index is 12.6. The summed E-state index contributed by atoms with van der Waals surface area (Å²) in [6, 6.07) is 10.2. The number of pyridine rings is 1. The minimum absolute atomic E-state index is 0.173. The van der Waals surface area contributed by atoms with Gasteiger partial charge in [0.1, 0.15) is 11.3 Å². The molecule has 8 heteroatoms. The van der Waals surface area contributed by atoms with Gasteiger partial charge in [0.05, 0.1) is 5.69 Å². The molecule has 3 amide bonds. The van der Waals surface area contributed by atoms with Gasteiger partial charge in [0, 0.05) is 30.4 Å². The highest BCUT2D eigenvalue weighted by Gasteiger charge is 2.17. The minimum Gasteiger partial charge on any atom is -0.366 e. The van der Waals surface area contributed by atoms with Crippen molar-refractivity contribution in [2.45, 2.75) is 26.7 Å². The Morgan fingerprint density at radius 3 is 2.52 bits per heavy atom. The zero-order valence-electron chi connectivity index (χ0n) is 16.4. The second-order valence-electron chi connectivity index (χ2n) is 6.78. The van der Waals surface area contributed by atoms with E-state index in [0.29, 0.717) is 35.6 Å². The molecule has 0 radical (unpaired) electrons. The molecule has 0 saturated heterocycles. The number of benzene rings is 1. The molecular formula is C21H23N5O3. The van der Waals surface area contributed by atoms with Gasteiger partial charge in [-0.3, -0.25) is 18.8 Å². The molecule has 3 rings (SSSR count). The molecule has 0 aliphatic carbocycles. The summed E-state index contributed by atoms with van der Waals surface area (Å²) in [7, 11) is 0. The molecule has 2 heterocycles. The zero-order chi connectivity index (χ0) is 21.0. The van der Waals surface area contributed by atoms with Crippen molar-refractivity contribution in [3.05, 3.63) is 65.1 Å². The number of nitrogens with one attached hydrogen (secondary N) is 2. The van der Waals surface area contributed by atoms with E-state index in [-0.39, 0.29) is 18.2 Å². The van der Waals surface area contributed by atoms with Gasteiger partial charge in [-0.2, -0.15) is 0 Å². The fraction of sp³-hybridized carbons (Fsp3) is 0.238. The Morgan fingerprint density at radius 1 is 1.10 bits per heavy atom. The molecular weight excluding hydrogens is 370 g/mol. The van der Waals surface area contributed by atoms with Gasteiger partial charge in [-0.05, 0) is 56.2 Å². The number of carbonyl (C=O) groups excluding carboxylic acids is 3. The van der Waals surface area contributed by atoms with Crippen molar-refractivity contribution in [2.24, 2.45) is 5.73 Å². The third kappa shape index (κ3) is 4.60. The average Bonchev–Trinajstić information content (AvgIpc) is 3.03. The normalized spacial score (nSPS) is 10.7. The summed E-state index contributed by atoms with van der Waals surface area (Å²) in [6.45, 7) is 4.12. The van der Waals surface area contributed by atoms with E-state index in [1.54, 1.807) is 35.6 Å². The van der Waals surface area contributed by atoms with Crippen LogP contribution in [0.5, 0.6) is 0 Å². The first kappa shape index (κ1) is 20.1. The number of fused-ring (bicyclic) bond motifs is 1. The van der Waals surface area contributed by atoms with Crippen molar-refractivity contribution in [3.63, 3.8) is 0 Å². The van der Waals surface area contributed by atoms with Gasteiger partial charge in [0.2, 0.25) is 11.8 Å². The SMILES string of the molecule is Cc1nc2c(C)cccn2c1C(=O)NCCCC(=O)Nc1ccc(C(N)=O)cc1. The fourth-order valence-corrected chi connectivity index (χ4v) is 3.07. The van der Waals surface area contributed by atoms with Gasteiger partial charge < -0.3 is 16.4 Å². The van der Waals surface area contributed by atoms with E-state index in [0.717, 1.165) is 11.2 Å². The number of primary amides is 1. The maximum absolute atomic E-state index is 12.6. The van der Waals surface area contributed by atoms with Crippen molar-refractivity contribution in [2.75, 3.05) is 11.9 Å². The standard InChI is InChI=1S/C21H23N5O3/c1-13-5-4-12-26-18(14(2)24-20(13)26)21(29)23-11-3-6-17(27)25-16-9-7-15(8-10-16)19(22)28/h4-5,7-10,12H,3,6,11H2,1-2H3,(H2,22,28)(H,23,29)(H,25,27). The molecule has 0 spiro atoms. The lowest BCUT2D eigenvalue weighted by atomic mass is 10.2. The molecule has 0 unspecified atom stereocenters. The molecule has 2 aromatic heterocycles. The lowest BCUT2D eigenvalue weighted by Crippen LogP contribution is -2.27. The summed E-state index contributed by atoms with van der Waals surface area (Å²) in [5.41, 5.74) is 9.07. The fourth-order valence-electron chi connectivity index (χ4n) is 3.07. The Kier molecular flexibility index (Phi) is 5.92. The number of hydrogen-bond donors (Lipinski definition) is 3. The van der Waals surface area contributed by atoms with Crippen LogP contribution in [-0.4, -0.2) is 33.7 Å². The number of nitrogens with zero attached hydrogens (tertiary/aromatic N) is 2. The van der Waals surface area contributed by atoms with E-state index >= 15 is 0 Å². The summed E-state index contributed by atoms with van der Waals surface area (Å²) < 4.78 is 1.78. The van der Waals surface area contributed by atoms with Crippen LogP contribution in [0.2, 0.25) is 0 Å². The van der Waals surface area contributed by atoms with Crippen LogP contribution in [0.4, 0.5) is 5.69 Å². The highest BCUT2D eigenvalue weighted by Crippen LogP contribution is 2.15.